The van der Waals surface area contributed by atoms with Gasteiger partial charge in [0.05, 0.1) is 30.1 Å². The van der Waals surface area contributed by atoms with Gasteiger partial charge in [0.2, 0.25) is 0 Å². The fourth-order valence-electron chi connectivity index (χ4n) is 4.01. The predicted molar refractivity (Wildman–Crippen MR) is 172 cm³/mol. The fraction of sp³-hybridized carbons (Fsp3) is 0.161. The second-order valence-electron chi connectivity index (χ2n) is 9.29. The maximum atomic E-state index is 13.1. The molecule has 0 saturated heterocycles. The predicted octanol–water partition coefficient (Wildman–Crippen LogP) is 9.13. The lowest BCUT2D eigenvalue weighted by Gasteiger charge is -2.13. The van der Waals surface area contributed by atoms with Crippen molar-refractivity contribution in [3.05, 3.63) is 131 Å². The van der Waals surface area contributed by atoms with Gasteiger partial charge in [0, 0.05) is 30.3 Å². The minimum absolute atomic E-state index is 0.0892. The van der Waals surface area contributed by atoms with Gasteiger partial charge < -0.3 is 15.4 Å². The second-order valence-corrected chi connectivity index (χ2v) is 11.7. The number of amides is 2. The Bertz CT molecular complexity index is 1520. The molecule has 0 unspecified atom stereocenters. The van der Waals surface area contributed by atoms with Crippen molar-refractivity contribution in [3.8, 4) is 5.75 Å². The highest BCUT2D eigenvalue weighted by molar-refractivity contribution is 6.43. The zero-order valence-electron chi connectivity index (χ0n) is 22.0. The van der Waals surface area contributed by atoms with Gasteiger partial charge in [0.15, 0.2) is 0 Å². The molecule has 0 aliphatic heterocycles. The number of carbonyl (C=O) groups excluding carboxylic acids is 2. The monoisotopic (exact) mass is 682 g/mol. The van der Waals surface area contributed by atoms with Crippen molar-refractivity contribution in [2.24, 2.45) is 0 Å². The molecular formula is C31H24Cl6N2O3. The third kappa shape index (κ3) is 9.18. The van der Waals surface area contributed by atoms with Gasteiger partial charge in [-0.15, -0.1) is 0 Å². The van der Waals surface area contributed by atoms with Gasteiger partial charge in [-0.2, -0.15) is 0 Å². The average Bonchev–Trinajstić information content (AvgIpc) is 2.97. The fourth-order valence-corrected chi connectivity index (χ4v) is 4.94. The number of halogens is 6. The summed E-state index contributed by atoms with van der Waals surface area (Å²) in [5.74, 6) is -0.180. The molecule has 4 aromatic rings. The van der Waals surface area contributed by atoms with Gasteiger partial charge in [0.1, 0.15) is 12.4 Å². The van der Waals surface area contributed by atoms with Crippen LogP contribution in [-0.2, 0) is 19.4 Å². The van der Waals surface area contributed by atoms with Crippen LogP contribution in [0.5, 0.6) is 5.75 Å². The number of ether oxygens (including phenoxy) is 1. The first-order valence-corrected chi connectivity index (χ1v) is 15.0. The summed E-state index contributed by atoms with van der Waals surface area (Å²) in [6.45, 7) is 0.795. The molecule has 0 aliphatic rings. The van der Waals surface area contributed by atoms with Gasteiger partial charge in [-0.3, -0.25) is 9.59 Å². The van der Waals surface area contributed by atoms with E-state index in [1.807, 2.05) is 12.1 Å². The smallest absolute Gasteiger partial charge is 0.251 e. The maximum absolute atomic E-state index is 13.1. The third-order valence-corrected chi connectivity index (χ3v) is 8.40. The number of hydrogen-bond donors (Lipinski definition) is 2. The highest BCUT2D eigenvalue weighted by Crippen LogP contribution is 2.27. The first-order valence-electron chi connectivity index (χ1n) is 12.7. The van der Waals surface area contributed by atoms with Gasteiger partial charge >= 0.3 is 0 Å². The van der Waals surface area contributed by atoms with Crippen molar-refractivity contribution >= 4 is 81.4 Å². The highest BCUT2D eigenvalue weighted by Gasteiger charge is 2.14. The Morgan fingerprint density at radius 1 is 0.524 bits per heavy atom. The summed E-state index contributed by atoms with van der Waals surface area (Å²) in [7, 11) is 0. The summed E-state index contributed by atoms with van der Waals surface area (Å²) in [5.41, 5.74) is 3.10. The minimum Gasteiger partial charge on any atom is -0.489 e. The van der Waals surface area contributed by atoms with Crippen LogP contribution in [0.4, 0.5) is 0 Å². The van der Waals surface area contributed by atoms with Crippen LogP contribution in [0.3, 0.4) is 0 Å². The topological polar surface area (TPSA) is 67.4 Å². The van der Waals surface area contributed by atoms with Crippen molar-refractivity contribution in [2.75, 3.05) is 13.1 Å². The van der Waals surface area contributed by atoms with Crippen molar-refractivity contribution in [2.45, 2.75) is 19.4 Å². The molecule has 0 fully saturated rings. The van der Waals surface area contributed by atoms with E-state index in [1.165, 1.54) is 0 Å². The molecule has 0 atom stereocenters. The zero-order chi connectivity index (χ0) is 30.2. The van der Waals surface area contributed by atoms with Crippen LogP contribution in [-0.4, -0.2) is 24.9 Å². The highest BCUT2D eigenvalue weighted by atomic mass is 35.5. The average molecular weight is 685 g/mol. The largest absolute Gasteiger partial charge is 0.489 e. The SMILES string of the molecule is O=C(NCCc1ccc(Cl)c(Cl)c1)c1cc(COc2ccc(Cl)c(Cl)c2)cc(C(=O)NCCc2ccc(Cl)c(Cl)c2)c1. The van der Waals surface area contributed by atoms with Gasteiger partial charge in [-0.25, -0.2) is 0 Å². The number of carbonyl (C=O) groups is 2. The van der Waals surface area contributed by atoms with Crippen LogP contribution < -0.4 is 15.4 Å². The molecule has 0 spiro atoms. The molecule has 4 aromatic carbocycles. The lowest BCUT2D eigenvalue weighted by molar-refractivity contribution is 0.0953. The molecule has 0 aliphatic carbocycles. The first-order chi connectivity index (χ1) is 20.1. The van der Waals surface area contributed by atoms with Crippen molar-refractivity contribution in [1.29, 1.82) is 0 Å². The minimum atomic E-state index is -0.337. The van der Waals surface area contributed by atoms with E-state index in [0.717, 1.165) is 11.1 Å². The van der Waals surface area contributed by atoms with Crippen molar-refractivity contribution < 1.29 is 14.3 Å². The molecule has 42 heavy (non-hydrogen) atoms. The Labute approximate surface area is 274 Å². The van der Waals surface area contributed by atoms with Gasteiger partial charge in [-0.05, 0) is 84.1 Å². The van der Waals surface area contributed by atoms with E-state index >= 15 is 0 Å². The van der Waals surface area contributed by atoms with Crippen LogP contribution in [0.15, 0.2) is 72.8 Å². The summed E-state index contributed by atoms with van der Waals surface area (Å²) in [6.07, 6.45) is 1.09. The Morgan fingerprint density at radius 3 is 1.43 bits per heavy atom. The van der Waals surface area contributed by atoms with Gasteiger partial charge in [0.25, 0.3) is 11.8 Å². The van der Waals surface area contributed by atoms with Crippen LogP contribution in [0.2, 0.25) is 30.1 Å². The molecule has 0 bridgehead atoms. The van der Waals surface area contributed by atoms with Gasteiger partial charge in [-0.1, -0.05) is 81.7 Å². The molecule has 218 valence electrons. The Kier molecular flexibility index (Phi) is 11.7. The molecule has 2 N–H and O–H groups in total. The number of rotatable bonds is 11. The Hall–Kier alpha value is -2.64. The second kappa shape index (κ2) is 15.2. The first kappa shape index (κ1) is 32.3. The van der Waals surface area contributed by atoms with E-state index in [9.17, 15) is 9.59 Å². The molecule has 2 amide bonds. The summed E-state index contributed by atoms with van der Waals surface area (Å²) < 4.78 is 5.86. The van der Waals surface area contributed by atoms with Crippen molar-refractivity contribution in [3.63, 3.8) is 0 Å². The van der Waals surface area contributed by atoms with Crippen LogP contribution in [0.1, 0.15) is 37.4 Å². The molecule has 0 radical (unpaired) electrons. The zero-order valence-corrected chi connectivity index (χ0v) is 26.5. The number of benzene rings is 4. The lowest BCUT2D eigenvalue weighted by Crippen LogP contribution is -2.28. The van der Waals surface area contributed by atoms with E-state index < -0.39 is 0 Å². The summed E-state index contributed by atoms with van der Waals surface area (Å²) in [4.78, 5) is 26.2. The quantitative estimate of drug-likeness (QED) is 0.166. The van der Waals surface area contributed by atoms with E-state index in [4.69, 9.17) is 74.3 Å². The number of hydrogen-bond acceptors (Lipinski definition) is 3. The number of nitrogens with one attached hydrogen (secondary N) is 2. The molecule has 0 heterocycles. The summed E-state index contributed by atoms with van der Waals surface area (Å²) >= 11 is 36.3. The Morgan fingerprint density at radius 2 is 0.976 bits per heavy atom. The Balaban J connectivity index is 1.46. The van der Waals surface area contributed by atoms with Crippen molar-refractivity contribution in [1.82, 2.24) is 10.6 Å². The van der Waals surface area contributed by atoms with Crippen LogP contribution in [0.25, 0.3) is 0 Å². The van der Waals surface area contributed by atoms with E-state index in [1.54, 1.807) is 60.7 Å². The molecule has 0 saturated carbocycles. The summed E-state index contributed by atoms with van der Waals surface area (Å²) in [5, 5.41) is 8.37. The molecule has 5 nitrogen and oxygen atoms in total. The van der Waals surface area contributed by atoms with E-state index in [0.29, 0.717) is 78.5 Å². The maximum Gasteiger partial charge on any atom is 0.251 e. The lowest BCUT2D eigenvalue weighted by atomic mass is 10.0. The molecular weight excluding hydrogens is 661 g/mol. The van der Waals surface area contributed by atoms with E-state index in [-0.39, 0.29) is 18.4 Å². The molecule has 11 heteroatoms. The normalized spacial score (nSPS) is 10.8. The molecule has 4 rings (SSSR count). The van der Waals surface area contributed by atoms with Crippen LogP contribution in [0, 0.1) is 0 Å². The summed E-state index contributed by atoms with van der Waals surface area (Å²) in [6, 6.07) is 20.5. The standard InChI is InChI=1S/C31H24Cl6N2O3/c32-24-4-1-18(13-27(24)35)7-9-38-30(40)21-11-20(17-42-23-3-6-26(34)29(37)16-23)12-22(15-21)31(41)39-10-8-19-2-5-25(33)28(36)14-19/h1-6,11-16H,7-10,17H2,(H,38,40)(H,39,41). The molecule has 0 aromatic heterocycles. The third-order valence-electron chi connectivity index (χ3n) is 6.18. The van der Waals surface area contributed by atoms with E-state index in [2.05, 4.69) is 10.6 Å². The van der Waals surface area contributed by atoms with Crippen LogP contribution >= 0.6 is 69.6 Å².